The molecular weight excluding hydrogens is 202 g/mol. The summed E-state index contributed by atoms with van der Waals surface area (Å²) >= 11 is 0. The van der Waals surface area contributed by atoms with E-state index in [1.54, 1.807) is 0 Å². The molecule has 15 heavy (non-hydrogen) atoms. The Hall–Kier alpha value is -1.66. The maximum absolute atomic E-state index is 10.4. The van der Waals surface area contributed by atoms with Gasteiger partial charge < -0.3 is 15.3 Å². The first kappa shape index (κ1) is 11.4. The number of nitrogens with zero attached hydrogens (tertiary/aromatic N) is 1. The number of rotatable bonds is 3. The molecule has 0 aliphatic heterocycles. The van der Waals surface area contributed by atoms with Gasteiger partial charge in [0.2, 0.25) is 0 Å². The van der Waals surface area contributed by atoms with E-state index in [1.807, 2.05) is 0 Å². The SMILES string of the molecule is CC([N+](=O)[O-])C(O)(O)c1ccccc1O. The molecule has 6 nitrogen and oxygen atoms in total. The topological polar surface area (TPSA) is 104 Å². The van der Waals surface area contributed by atoms with E-state index < -0.39 is 22.5 Å². The van der Waals surface area contributed by atoms with Gasteiger partial charge in [0.15, 0.2) is 0 Å². The summed E-state index contributed by atoms with van der Waals surface area (Å²) in [5.74, 6) is -3.08. The Labute approximate surface area is 85.6 Å². The molecule has 0 saturated carbocycles. The van der Waals surface area contributed by atoms with Crippen LogP contribution in [0.2, 0.25) is 0 Å². The minimum Gasteiger partial charge on any atom is -0.507 e. The highest BCUT2D eigenvalue weighted by molar-refractivity contribution is 5.35. The van der Waals surface area contributed by atoms with E-state index in [0.717, 1.165) is 6.92 Å². The minimum absolute atomic E-state index is 0.283. The van der Waals surface area contributed by atoms with Crippen molar-refractivity contribution in [2.24, 2.45) is 0 Å². The molecule has 0 heterocycles. The second-order valence-corrected chi connectivity index (χ2v) is 3.20. The van der Waals surface area contributed by atoms with Gasteiger partial charge >= 0.3 is 0 Å². The first-order valence-corrected chi connectivity index (χ1v) is 4.24. The average molecular weight is 213 g/mol. The molecule has 82 valence electrons. The fraction of sp³-hybridized carbons (Fsp3) is 0.333. The second-order valence-electron chi connectivity index (χ2n) is 3.20. The Bertz CT molecular complexity index is 377. The molecule has 3 N–H and O–H groups in total. The third kappa shape index (κ3) is 2.05. The number of benzene rings is 1. The van der Waals surface area contributed by atoms with E-state index in [4.69, 9.17) is 0 Å². The lowest BCUT2D eigenvalue weighted by molar-refractivity contribution is -0.562. The monoisotopic (exact) mass is 213 g/mol. The lowest BCUT2D eigenvalue weighted by Gasteiger charge is -2.23. The van der Waals surface area contributed by atoms with Crippen LogP contribution in [0.15, 0.2) is 24.3 Å². The van der Waals surface area contributed by atoms with Gasteiger partial charge in [0, 0.05) is 11.8 Å². The summed E-state index contributed by atoms with van der Waals surface area (Å²) in [5, 5.41) is 38.9. The average Bonchev–Trinajstić information content (AvgIpc) is 2.16. The molecule has 0 saturated heterocycles. The highest BCUT2D eigenvalue weighted by atomic mass is 16.6. The molecule has 6 heteroatoms. The fourth-order valence-electron chi connectivity index (χ4n) is 1.16. The van der Waals surface area contributed by atoms with Gasteiger partial charge in [-0.25, -0.2) is 0 Å². The smallest absolute Gasteiger partial charge is 0.267 e. The summed E-state index contributed by atoms with van der Waals surface area (Å²) in [4.78, 5) is 9.61. The summed E-state index contributed by atoms with van der Waals surface area (Å²) in [7, 11) is 0. The predicted octanol–water partition coefficient (Wildman–Crippen LogP) is 0.195. The molecular formula is C9H11NO5. The van der Waals surface area contributed by atoms with Gasteiger partial charge in [0.1, 0.15) is 5.75 Å². The summed E-state index contributed by atoms with van der Waals surface area (Å²) < 4.78 is 0. The molecule has 1 unspecified atom stereocenters. The third-order valence-corrected chi connectivity index (χ3v) is 2.20. The highest BCUT2D eigenvalue weighted by Crippen LogP contribution is 2.30. The van der Waals surface area contributed by atoms with E-state index in [0.29, 0.717) is 0 Å². The molecule has 0 bridgehead atoms. The number of hydrogen-bond acceptors (Lipinski definition) is 5. The molecule has 0 fully saturated rings. The van der Waals surface area contributed by atoms with Gasteiger partial charge in [-0.15, -0.1) is 0 Å². The lowest BCUT2D eigenvalue weighted by Crippen LogP contribution is -2.42. The van der Waals surface area contributed by atoms with Crippen molar-refractivity contribution in [1.82, 2.24) is 0 Å². The zero-order chi connectivity index (χ0) is 11.6. The Kier molecular flexibility index (Phi) is 2.92. The summed E-state index contributed by atoms with van der Waals surface area (Å²) in [6.07, 6.45) is 0. The van der Waals surface area contributed by atoms with Crippen LogP contribution in [0.3, 0.4) is 0 Å². The Morgan fingerprint density at radius 2 is 1.93 bits per heavy atom. The second kappa shape index (κ2) is 3.84. The molecule has 0 aromatic heterocycles. The molecule has 0 spiro atoms. The van der Waals surface area contributed by atoms with Crippen molar-refractivity contribution in [1.29, 1.82) is 0 Å². The summed E-state index contributed by atoms with van der Waals surface area (Å²) in [6, 6.07) is 3.73. The van der Waals surface area contributed by atoms with Gasteiger partial charge in [-0.05, 0) is 12.1 Å². The maximum Gasteiger partial charge on any atom is 0.267 e. The molecule has 1 rings (SSSR count). The minimum atomic E-state index is -2.69. The number of aromatic hydroxyl groups is 1. The predicted molar refractivity (Wildman–Crippen MR) is 50.7 cm³/mol. The van der Waals surface area contributed by atoms with Crippen LogP contribution in [-0.4, -0.2) is 26.3 Å². The number of phenols is 1. The number of nitro groups is 1. The van der Waals surface area contributed by atoms with Crippen LogP contribution in [-0.2, 0) is 5.79 Å². The van der Waals surface area contributed by atoms with Crippen LogP contribution in [0.4, 0.5) is 0 Å². The molecule has 1 atom stereocenters. The van der Waals surface area contributed by atoms with E-state index >= 15 is 0 Å². The van der Waals surface area contributed by atoms with Gasteiger partial charge in [0.05, 0.1) is 5.56 Å². The molecule has 1 aromatic rings. The molecule has 0 radical (unpaired) electrons. The van der Waals surface area contributed by atoms with E-state index in [1.165, 1.54) is 24.3 Å². The Morgan fingerprint density at radius 3 is 2.40 bits per heavy atom. The van der Waals surface area contributed by atoms with Crippen molar-refractivity contribution in [3.05, 3.63) is 39.9 Å². The number of phenolic OH excluding ortho intramolecular Hbond substituents is 1. The van der Waals surface area contributed by atoms with Crippen molar-refractivity contribution in [2.45, 2.75) is 18.8 Å². The van der Waals surface area contributed by atoms with Gasteiger partial charge in [-0.2, -0.15) is 0 Å². The van der Waals surface area contributed by atoms with Crippen molar-refractivity contribution < 1.29 is 20.2 Å². The molecule has 0 aliphatic rings. The standard InChI is InChI=1S/C9H11NO5/c1-6(10(14)15)9(12,13)7-4-2-3-5-8(7)11/h2-6,11-13H,1H3. The van der Waals surface area contributed by atoms with E-state index in [-0.39, 0.29) is 5.56 Å². The number of hydrogen-bond donors (Lipinski definition) is 3. The van der Waals surface area contributed by atoms with Crippen LogP contribution in [0.1, 0.15) is 12.5 Å². The normalized spacial score (nSPS) is 13.5. The van der Waals surface area contributed by atoms with Gasteiger partial charge in [0.25, 0.3) is 11.8 Å². The van der Waals surface area contributed by atoms with Crippen molar-refractivity contribution in [3.8, 4) is 5.75 Å². The van der Waals surface area contributed by atoms with Crippen LogP contribution in [0, 0.1) is 10.1 Å². The first-order valence-electron chi connectivity index (χ1n) is 4.24. The largest absolute Gasteiger partial charge is 0.507 e. The van der Waals surface area contributed by atoms with Crippen LogP contribution in [0.5, 0.6) is 5.75 Å². The van der Waals surface area contributed by atoms with Crippen molar-refractivity contribution in [2.75, 3.05) is 0 Å². The molecule has 0 amide bonds. The van der Waals surface area contributed by atoms with Gasteiger partial charge in [-0.1, -0.05) is 12.1 Å². The van der Waals surface area contributed by atoms with Crippen LogP contribution < -0.4 is 0 Å². The quantitative estimate of drug-likeness (QED) is 0.378. The highest BCUT2D eigenvalue weighted by Gasteiger charge is 2.43. The Balaban J connectivity index is 3.16. The third-order valence-electron chi connectivity index (χ3n) is 2.20. The lowest BCUT2D eigenvalue weighted by atomic mass is 9.99. The summed E-state index contributed by atoms with van der Waals surface area (Å²) in [5.41, 5.74) is -0.283. The fourth-order valence-corrected chi connectivity index (χ4v) is 1.16. The number of para-hydroxylation sites is 1. The Morgan fingerprint density at radius 1 is 1.40 bits per heavy atom. The van der Waals surface area contributed by atoms with Crippen molar-refractivity contribution in [3.63, 3.8) is 0 Å². The summed E-state index contributed by atoms with van der Waals surface area (Å²) in [6.45, 7) is 1.05. The van der Waals surface area contributed by atoms with E-state index in [2.05, 4.69) is 0 Å². The van der Waals surface area contributed by atoms with Gasteiger partial charge in [-0.3, -0.25) is 10.1 Å². The molecule has 0 aliphatic carbocycles. The van der Waals surface area contributed by atoms with E-state index in [9.17, 15) is 25.4 Å². The van der Waals surface area contributed by atoms with Crippen molar-refractivity contribution >= 4 is 0 Å². The maximum atomic E-state index is 10.4. The van der Waals surface area contributed by atoms with Crippen LogP contribution in [0.25, 0.3) is 0 Å². The number of aliphatic hydroxyl groups is 2. The zero-order valence-electron chi connectivity index (χ0n) is 7.99. The first-order chi connectivity index (χ1) is 6.87. The van der Waals surface area contributed by atoms with Crippen LogP contribution >= 0.6 is 0 Å². The zero-order valence-corrected chi connectivity index (χ0v) is 7.99. The molecule has 1 aromatic carbocycles.